The van der Waals surface area contributed by atoms with Gasteiger partial charge in [0.05, 0.1) is 5.41 Å². The van der Waals surface area contributed by atoms with Crippen molar-refractivity contribution in [1.29, 1.82) is 0 Å². The smallest absolute Gasteiger partial charge is 0.311 e. The SMILES string of the molecule is C[C@@]1(C(=O)O)CCN(C(=O)c2cccc(-c3noc(C4CC4)n3)c2)C1. The number of carbonyl (C=O) groups is 2. The Morgan fingerprint density at radius 2 is 2.16 bits per heavy atom. The minimum atomic E-state index is -0.875. The molecule has 0 spiro atoms. The van der Waals surface area contributed by atoms with E-state index in [1.54, 1.807) is 30.0 Å². The number of aliphatic carboxylic acids is 1. The molecule has 1 saturated heterocycles. The number of amides is 1. The molecule has 1 amide bonds. The Bertz CT molecular complexity index is 842. The summed E-state index contributed by atoms with van der Waals surface area (Å²) < 4.78 is 5.28. The molecule has 1 atom stereocenters. The van der Waals surface area contributed by atoms with Crippen molar-refractivity contribution in [3.63, 3.8) is 0 Å². The van der Waals surface area contributed by atoms with E-state index in [2.05, 4.69) is 10.1 Å². The molecule has 0 unspecified atom stereocenters. The maximum absolute atomic E-state index is 12.7. The molecule has 25 heavy (non-hydrogen) atoms. The van der Waals surface area contributed by atoms with Crippen LogP contribution < -0.4 is 0 Å². The Morgan fingerprint density at radius 1 is 1.36 bits per heavy atom. The number of carboxylic acids is 1. The minimum Gasteiger partial charge on any atom is -0.481 e. The van der Waals surface area contributed by atoms with Gasteiger partial charge in [0.2, 0.25) is 11.7 Å². The predicted octanol–water partition coefficient (Wildman–Crippen LogP) is 2.55. The summed E-state index contributed by atoms with van der Waals surface area (Å²) in [6.45, 7) is 2.34. The van der Waals surface area contributed by atoms with Crippen molar-refractivity contribution in [2.24, 2.45) is 5.41 Å². The maximum Gasteiger partial charge on any atom is 0.311 e. The zero-order valence-corrected chi connectivity index (χ0v) is 13.9. The number of carboxylic acid groups (broad SMARTS) is 1. The Morgan fingerprint density at radius 3 is 2.84 bits per heavy atom. The number of hydrogen-bond acceptors (Lipinski definition) is 5. The predicted molar refractivity (Wildman–Crippen MR) is 88.0 cm³/mol. The summed E-state index contributed by atoms with van der Waals surface area (Å²) in [6.07, 6.45) is 2.62. The van der Waals surface area contributed by atoms with Gasteiger partial charge in [-0.05, 0) is 38.3 Å². The highest BCUT2D eigenvalue weighted by Gasteiger charge is 2.42. The second-order valence-electron chi connectivity index (χ2n) is 7.15. The van der Waals surface area contributed by atoms with Gasteiger partial charge in [0.1, 0.15) is 0 Å². The van der Waals surface area contributed by atoms with Crippen LogP contribution in [0.1, 0.15) is 48.4 Å². The lowest BCUT2D eigenvalue weighted by atomic mass is 9.90. The van der Waals surface area contributed by atoms with Gasteiger partial charge >= 0.3 is 5.97 Å². The molecule has 1 N–H and O–H groups in total. The lowest BCUT2D eigenvalue weighted by molar-refractivity contribution is -0.147. The van der Waals surface area contributed by atoms with Crippen molar-refractivity contribution >= 4 is 11.9 Å². The zero-order chi connectivity index (χ0) is 17.6. The van der Waals surface area contributed by atoms with E-state index in [1.807, 2.05) is 6.07 Å². The van der Waals surface area contributed by atoms with E-state index in [-0.39, 0.29) is 12.5 Å². The van der Waals surface area contributed by atoms with Crippen molar-refractivity contribution in [2.75, 3.05) is 13.1 Å². The third kappa shape index (κ3) is 2.90. The average Bonchev–Trinajstić information content (AvgIpc) is 3.19. The molecule has 7 nitrogen and oxygen atoms in total. The fourth-order valence-electron chi connectivity index (χ4n) is 3.13. The fourth-order valence-corrected chi connectivity index (χ4v) is 3.13. The summed E-state index contributed by atoms with van der Waals surface area (Å²) in [7, 11) is 0. The molecule has 1 aromatic heterocycles. The Balaban J connectivity index is 1.54. The van der Waals surface area contributed by atoms with E-state index >= 15 is 0 Å². The van der Waals surface area contributed by atoms with Gasteiger partial charge in [0.15, 0.2) is 0 Å². The first-order chi connectivity index (χ1) is 12.0. The summed E-state index contributed by atoms with van der Waals surface area (Å²) in [5, 5.41) is 13.3. The van der Waals surface area contributed by atoms with Crippen LogP contribution in [-0.2, 0) is 4.79 Å². The van der Waals surface area contributed by atoms with Crippen LogP contribution in [0.5, 0.6) is 0 Å². The van der Waals surface area contributed by atoms with Crippen LogP contribution in [0.2, 0.25) is 0 Å². The highest BCUT2D eigenvalue weighted by atomic mass is 16.5. The molecule has 130 valence electrons. The van der Waals surface area contributed by atoms with Gasteiger partial charge < -0.3 is 14.5 Å². The summed E-state index contributed by atoms with van der Waals surface area (Å²) in [4.78, 5) is 30.1. The number of hydrogen-bond donors (Lipinski definition) is 1. The number of nitrogens with zero attached hydrogens (tertiary/aromatic N) is 3. The highest BCUT2D eigenvalue weighted by Crippen LogP contribution is 2.39. The zero-order valence-electron chi connectivity index (χ0n) is 13.9. The molecule has 2 heterocycles. The van der Waals surface area contributed by atoms with Gasteiger partial charge in [-0.25, -0.2) is 0 Å². The summed E-state index contributed by atoms with van der Waals surface area (Å²) >= 11 is 0. The molecule has 0 bridgehead atoms. The van der Waals surface area contributed by atoms with E-state index in [1.165, 1.54) is 0 Å². The normalized spacial score (nSPS) is 23.0. The van der Waals surface area contributed by atoms with E-state index in [9.17, 15) is 14.7 Å². The molecule has 2 fully saturated rings. The first kappa shape index (κ1) is 15.8. The molecule has 7 heteroatoms. The second kappa shape index (κ2) is 5.68. The number of aromatic nitrogens is 2. The Labute approximate surface area is 144 Å². The topological polar surface area (TPSA) is 96.5 Å². The van der Waals surface area contributed by atoms with Crippen molar-refractivity contribution in [3.8, 4) is 11.4 Å². The fraction of sp³-hybridized carbons (Fsp3) is 0.444. The molecule has 1 aliphatic heterocycles. The first-order valence-electron chi connectivity index (χ1n) is 8.43. The third-order valence-electron chi connectivity index (χ3n) is 5.01. The van der Waals surface area contributed by atoms with Crippen LogP contribution >= 0.6 is 0 Å². The second-order valence-corrected chi connectivity index (χ2v) is 7.15. The van der Waals surface area contributed by atoms with E-state index in [0.29, 0.717) is 36.2 Å². The van der Waals surface area contributed by atoms with Crippen molar-refractivity contribution in [3.05, 3.63) is 35.7 Å². The van der Waals surface area contributed by atoms with Gasteiger partial charge in [-0.1, -0.05) is 17.3 Å². The molecule has 4 rings (SSSR count). The van der Waals surface area contributed by atoms with Crippen molar-refractivity contribution in [2.45, 2.75) is 32.1 Å². The van der Waals surface area contributed by atoms with Crippen LogP contribution in [0.15, 0.2) is 28.8 Å². The molecule has 1 aliphatic carbocycles. The van der Waals surface area contributed by atoms with E-state index in [0.717, 1.165) is 18.4 Å². The lowest BCUT2D eigenvalue weighted by Gasteiger charge is -2.20. The van der Waals surface area contributed by atoms with Crippen molar-refractivity contribution in [1.82, 2.24) is 15.0 Å². The molecular formula is C18H19N3O4. The molecule has 0 radical (unpaired) electrons. The standard InChI is InChI=1S/C18H19N3O4/c1-18(17(23)24)7-8-21(10-18)16(22)13-4-2-3-12(9-13)14-19-15(25-20-14)11-5-6-11/h2-4,9,11H,5-8,10H2,1H3,(H,23,24)/t18-/m1/s1. The van der Waals surface area contributed by atoms with Crippen LogP contribution in [-0.4, -0.2) is 45.1 Å². The van der Waals surface area contributed by atoms with Crippen LogP contribution in [0.25, 0.3) is 11.4 Å². The number of rotatable bonds is 4. The molecular weight excluding hydrogens is 322 g/mol. The Kier molecular flexibility index (Phi) is 3.59. The summed E-state index contributed by atoms with van der Waals surface area (Å²) in [5.41, 5.74) is 0.353. The van der Waals surface area contributed by atoms with E-state index < -0.39 is 11.4 Å². The number of benzene rings is 1. The largest absolute Gasteiger partial charge is 0.481 e. The van der Waals surface area contributed by atoms with Crippen LogP contribution in [0.3, 0.4) is 0 Å². The van der Waals surface area contributed by atoms with Gasteiger partial charge in [-0.3, -0.25) is 9.59 Å². The molecule has 2 aliphatic rings. The van der Waals surface area contributed by atoms with E-state index in [4.69, 9.17) is 4.52 Å². The van der Waals surface area contributed by atoms with Crippen LogP contribution in [0, 0.1) is 5.41 Å². The summed E-state index contributed by atoms with van der Waals surface area (Å²) in [5.74, 6) is 0.481. The lowest BCUT2D eigenvalue weighted by Crippen LogP contribution is -2.34. The van der Waals surface area contributed by atoms with Crippen LogP contribution in [0.4, 0.5) is 0 Å². The first-order valence-corrected chi connectivity index (χ1v) is 8.43. The third-order valence-corrected chi connectivity index (χ3v) is 5.01. The van der Waals surface area contributed by atoms with Gasteiger partial charge in [0, 0.05) is 30.1 Å². The highest BCUT2D eigenvalue weighted by molar-refractivity contribution is 5.96. The quantitative estimate of drug-likeness (QED) is 0.918. The maximum atomic E-state index is 12.7. The number of carbonyl (C=O) groups excluding carboxylic acids is 1. The minimum absolute atomic E-state index is 0.169. The van der Waals surface area contributed by atoms with Gasteiger partial charge in [-0.15, -0.1) is 0 Å². The molecule has 1 aromatic carbocycles. The summed E-state index contributed by atoms with van der Waals surface area (Å²) in [6, 6.07) is 7.08. The molecule has 2 aromatic rings. The van der Waals surface area contributed by atoms with Gasteiger partial charge in [0.25, 0.3) is 5.91 Å². The average molecular weight is 341 g/mol. The Hall–Kier alpha value is -2.70. The monoisotopic (exact) mass is 341 g/mol. The molecule has 1 saturated carbocycles. The van der Waals surface area contributed by atoms with Crippen molar-refractivity contribution < 1.29 is 19.2 Å². The van der Waals surface area contributed by atoms with Gasteiger partial charge in [-0.2, -0.15) is 4.98 Å². The number of likely N-dealkylation sites (tertiary alicyclic amines) is 1.